The smallest absolute Gasteiger partial charge is 0.370 e. The summed E-state index contributed by atoms with van der Waals surface area (Å²) in [5, 5.41) is 4.84. The summed E-state index contributed by atoms with van der Waals surface area (Å²) in [4.78, 5) is 19.3. The monoisotopic (exact) mass is 348 g/mol. The molecule has 2 rings (SSSR count). The molecular weight excluding hydrogens is 333 g/mol. The summed E-state index contributed by atoms with van der Waals surface area (Å²) in [6.45, 7) is 4.27. The van der Waals surface area contributed by atoms with Crippen molar-refractivity contribution in [2.45, 2.75) is 20.0 Å². The fraction of sp³-hybridized carbons (Fsp3) is 0.235. The summed E-state index contributed by atoms with van der Waals surface area (Å²) in [6.07, 6.45) is -1.96. The highest BCUT2D eigenvalue weighted by atomic mass is 19.4. The van der Waals surface area contributed by atoms with Crippen LogP contribution in [0, 0.1) is 18.8 Å². The van der Waals surface area contributed by atoms with Crippen LogP contribution in [0.5, 0.6) is 0 Å². The molecule has 130 valence electrons. The third kappa shape index (κ3) is 5.21. The summed E-state index contributed by atoms with van der Waals surface area (Å²) >= 11 is 0. The van der Waals surface area contributed by atoms with Crippen LogP contribution in [0.15, 0.2) is 30.6 Å². The Kier molecular flexibility index (Phi) is 5.60. The Morgan fingerprint density at radius 1 is 1.24 bits per heavy atom. The van der Waals surface area contributed by atoms with E-state index < -0.39 is 12.1 Å². The SMILES string of the molecule is CCNc1cc(C#Cc2ncc(C)cc2NC(=O)C(F)(F)F)ccn1. The first-order valence-electron chi connectivity index (χ1n) is 7.36. The maximum atomic E-state index is 12.5. The van der Waals surface area contributed by atoms with Gasteiger partial charge in [0.15, 0.2) is 0 Å². The Morgan fingerprint density at radius 2 is 2.00 bits per heavy atom. The molecule has 0 aliphatic carbocycles. The third-order valence-electron chi connectivity index (χ3n) is 2.97. The molecule has 0 radical (unpaired) electrons. The van der Waals surface area contributed by atoms with E-state index >= 15 is 0 Å². The number of hydrogen-bond acceptors (Lipinski definition) is 4. The van der Waals surface area contributed by atoms with Gasteiger partial charge in [-0.1, -0.05) is 5.92 Å². The number of nitrogens with one attached hydrogen (secondary N) is 2. The van der Waals surface area contributed by atoms with Gasteiger partial charge in [0.05, 0.1) is 5.69 Å². The minimum Gasteiger partial charge on any atom is -0.370 e. The van der Waals surface area contributed by atoms with E-state index in [0.717, 1.165) is 0 Å². The van der Waals surface area contributed by atoms with Crippen molar-refractivity contribution in [3.8, 4) is 11.8 Å². The first kappa shape index (κ1) is 18.3. The van der Waals surface area contributed by atoms with Crippen LogP contribution >= 0.6 is 0 Å². The van der Waals surface area contributed by atoms with Crippen molar-refractivity contribution in [2.75, 3.05) is 17.2 Å². The molecule has 0 atom stereocenters. The van der Waals surface area contributed by atoms with Crippen LogP contribution in [-0.2, 0) is 4.79 Å². The van der Waals surface area contributed by atoms with Gasteiger partial charge in [-0.2, -0.15) is 13.2 Å². The summed E-state index contributed by atoms with van der Waals surface area (Å²) < 4.78 is 37.4. The maximum Gasteiger partial charge on any atom is 0.471 e. The minimum absolute atomic E-state index is 0.0463. The second kappa shape index (κ2) is 7.66. The molecule has 2 aromatic rings. The zero-order valence-corrected chi connectivity index (χ0v) is 13.5. The molecule has 25 heavy (non-hydrogen) atoms. The van der Waals surface area contributed by atoms with E-state index in [4.69, 9.17) is 0 Å². The quantitative estimate of drug-likeness (QED) is 0.837. The Balaban J connectivity index is 2.32. The van der Waals surface area contributed by atoms with Gasteiger partial charge in [0.1, 0.15) is 11.5 Å². The highest BCUT2D eigenvalue weighted by Gasteiger charge is 2.39. The first-order valence-corrected chi connectivity index (χ1v) is 7.36. The van der Waals surface area contributed by atoms with E-state index in [0.29, 0.717) is 23.5 Å². The van der Waals surface area contributed by atoms with Gasteiger partial charge < -0.3 is 10.6 Å². The number of anilines is 2. The van der Waals surface area contributed by atoms with Crippen LogP contribution in [0.4, 0.5) is 24.7 Å². The van der Waals surface area contributed by atoms with Gasteiger partial charge in [-0.3, -0.25) is 4.79 Å². The Hall–Kier alpha value is -3.08. The van der Waals surface area contributed by atoms with Crippen LogP contribution in [-0.4, -0.2) is 28.6 Å². The Morgan fingerprint density at radius 3 is 2.68 bits per heavy atom. The standard InChI is InChI=1S/C17H15F3N4O/c1-3-21-15-9-12(6-7-22-15)4-5-13-14(8-11(2)10-23-13)24-16(25)17(18,19)20/h6-10H,3H2,1-2H3,(H,21,22)(H,24,25). The second-order valence-electron chi connectivity index (χ2n) is 5.07. The number of nitrogens with zero attached hydrogens (tertiary/aromatic N) is 2. The van der Waals surface area contributed by atoms with Gasteiger partial charge in [-0.05, 0) is 43.5 Å². The fourth-order valence-corrected chi connectivity index (χ4v) is 1.87. The lowest BCUT2D eigenvalue weighted by Gasteiger charge is -2.09. The van der Waals surface area contributed by atoms with E-state index in [-0.39, 0.29) is 11.4 Å². The Bertz CT molecular complexity index is 838. The molecule has 2 N–H and O–H groups in total. The highest BCUT2D eigenvalue weighted by Crippen LogP contribution is 2.20. The zero-order valence-electron chi connectivity index (χ0n) is 13.5. The van der Waals surface area contributed by atoms with E-state index in [9.17, 15) is 18.0 Å². The number of aryl methyl sites for hydroxylation is 1. The van der Waals surface area contributed by atoms with Crippen molar-refractivity contribution >= 4 is 17.4 Å². The van der Waals surface area contributed by atoms with E-state index in [2.05, 4.69) is 27.1 Å². The van der Waals surface area contributed by atoms with Crippen LogP contribution in [0.2, 0.25) is 0 Å². The lowest BCUT2D eigenvalue weighted by atomic mass is 10.2. The number of halogens is 3. The lowest BCUT2D eigenvalue weighted by Crippen LogP contribution is -2.30. The van der Waals surface area contributed by atoms with Crippen molar-refractivity contribution in [1.29, 1.82) is 0 Å². The molecular formula is C17H15F3N4O. The van der Waals surface area contributed by atoms with Gasteiger partial charge in [0, 0.05) is 24.5 Å². The molecule has 0 saturated carbocycles. The summed E-state index contributed by atoms with van der Waals surface area (Å²) in [5.41, 5.74) is 1.17. The normalized spacial score (nSPS) is 10.6. The number of aromatic nitrogens is 2. The van der Waals surface area contributed by atoms with Crippen molar-refractivity contribution in [3.05, 3.63) is 47.4 Å². The highest BCUT2D eigenvalue weighted by molar-refractivity contribution is 5.95. The van der Waals surface area contributed by atoms with Crippen LogP contribution in [0.25, 0.3) is 0 Å². The molecule has 0 aromatic carbocycles. The average molecular weight is 348 g/mol. The van der Waals surface area contributed by atoms with Gasteiger partial charge in [0.2, 0.25) is 0 Å². The molecule has 0 fully saturated rings. The minimum atomic E-state index is -4.99. The third-order valence-corrected chi connectivity index (χ3v) is 2.97. The van der Waals surface area contributed by atoms with Crippen LogP contribution in [0.1, 0.15) is 23.7 Å². The summed E-state index contributed by atoms with van der Waals surface area (Å²) in [7, 11) is 0. The number of hydrogen-bond donors (Lipinski definition) is 2. The predicted octanol–water partition coefficient (Wildman–Crippen LogP) is 3.12. The van der Waals surface area contributed by atoms with Crippen LogP contribution in [0.3, 0.4) is 0 Å². The molecule has 0 unspecified atom stereocenters. The lowest BCUT2D eigenvalue weighted by molar-refractivity contribution is -0.167. The van der Waals surface area contributed by atoms with E-state index in [1.54, 1.807) is 30.6 Å². The molecule has 1 amide bonds. The molecule has 2 aromatic heterocycles. The predicted molar refractivity (Wildman–Crippen MR) is 88.0 cm³/mol. The van der Waals surface area contributed by atoms with Crippen molar-refractivity contribution in [2.24, 2.45) is 0 Å². The number of alkyl halides is 3. The molecule has 0 aliphatic heterocycles. The first-order chi connectivity index (χ1) is 11.8. The Labute approximate surface area is 142 Å². The van der Waals surface area contributed by atoms with E-state index in [1.165, 1.54) is 12.3 Å². The number of amides is 1. The number of carbonyl (C=O) groups is 1. The number of carbonyl (C=O) groups excluding carboxylic acids is 1. The molecule has 0 aliphatic rings. The van der Waals surface area contributed by atoms with Crippen molar-refractivity contribution in [3.63, 3.8) is 0 Å². The van der Waals surface area contributed by atoms with Gasteiger partial charge in [-0.25, -0.2) is 9.97 Å². The summed E-state index contributed by atoms with van der Waals surface area (Å²) in [5.74, 6) is 4.06. The molecule has 0 saturated heterocycles. The maximum absolute atomic E-state index is 12.5. The molecule has 0 spiro atoms. The average Bonchev–Trinajstić information content (AvgIpc) is 2.54. The van der Waals surface area contributed by atoms with Gasteiger partial charge >= 0.3 is 12.1 Å². The number of pyridine rings is 2. The zero-order chi connectivity index (χ0) is 18.4. The van der Waals surface area contributed by atoms with E-state index in [1.807, 2.05) is 6.92 Å². The molecule has 0 bridgehead atoms. The molecule has 5 nitrogen and oxygen atoms in total. The second-order valence-corrected chi connectivity index (χ2v) is 5.07. The van der Waals surface area contributed by atoms with Gasteiger partial charge in [-0.15, -0.1) is 0 Å². The fourth-order valence-electron chi connectivity index (χ4n) is 1.87. The largest absolute Gasteiger partial charge is 0.471 e. The summed E-state index contributed by atoms with van der Waals surface area (Å²) in [6, 6.07) is 4.76. The molecule has 8 heteroatoms. The van der Waals surface area contributed by atoms with Crippen LogP contribution < -0.4 is 10.6 Å². The van der Waals surface area contributed by atoms with Gasteiger partial charge in [0.25, 0.3) is 0 Å². The van der Waals surface area contributed by atoms with Crippen molar-refractivity contribution in [1.82, 2.24) is 9.97 Å². The molecule has 2 heterocycles. The topological polar surface area (TPSA) is 66.9 Å². The number of rotatable bonds is 3. The van der Waals surface area contributed by atoms with Crippen molar-refractivity contribution < 1.29 is 18.0 Å².